The number of aliphatic hydroxyl groups is 1. The normalized spacial score (nSPS) is 18.4. The summed E-state index contributed by atoms with van der Waals surface area (Å²) in [5.41, 5.74) is 1.35. The molecule has 2 rings (SSSR count). The van der Waals surface area contributed by atoms with Crippen LogP contribution < -0.4 is 4.74 Å². The van der Waals surface area contributed by atoms with Gasteiger partial charge in [0.2, 0.25) is 0 Å². The highest BCUT2D eigenvalue weighted by Crippen LogP contribution is 2.41. The summed E-state index contributed by atoms with van der Waals surface area (Å²) in [5, 5.41) is 8.77. The molecular weight excluding hydrogens is 224 g/mol. The Morgan fingerprint density at radius 2 is 2.11 bits per heavy atom. The number of aliphatic hydroxyl groups excluding tert-OH is 1. The smallest absolute Gasteiger partial charge is 0.119 e. The van der Waals surface area contributed by atoms with Crippen molar-refractivity contribution in [1.29, 1.82) is 0 Å². The highest BCUT2D eigenvalue weighted by Gasteiger charge is 2.28. The molecule has 1 aromatic carbocycles. The van der Waals surface area contributed by atoms with Crippen LogP contribution in [0.2, 0.25) is 0 Å². The molecule has 0 amide bonds. The van der Waals surface area contributed by atoms with Gasteiger partial charge in [0, 0.05) is 0 Å². The minimum Gasteiger partial charge on any atom is -0.491 e. The van der Waals surface area contributed by atoms with Gasteiger partial charge in [0.05, 0.1) is 6.61 Å². The van der Waals surface area contributed by atoms with Gasteiger partial charge in [-0.3, -0.25) is 0 Å². The third-order valence-corrected chi connectivity index (χ3v) is 3.94. The molecule has 2 heteroatoms. The average Bonchev–Trinajstić information content (AvgIpc) is 3.21. The highest BCUT2D eigenvalue weighted by molar-refractivity contribution is 5.30. The summed E-state index contributed by atoms with van der Waals surface area (Å²) in [6, 6.07) is 8.28. The summed E-state index contributed by atoms with van der Waals surface area (Å²) in [7, 11) is 0. The maximum atomic E-state index is 8.77. The van der Waals surface area contributed by atoms with E-state index in [1.165, 1.54) is 24.8 Å². The maximum absolute atomic E-state index is 8.77. The van der Waals surface area contributed by atoms with Crippen molar-refractivity contribution in [2.45, 2.75) is 39.0 Å². The molecule has 18 heavy (non-hydrogen) atoms. The Kier molecular flexibility index (Phi) is 4.65. The van der Waals surface area contributed by atoms with E-state index >= 15 is 0 Å². The maximum Gasteiger partial charge on any atom is 0.119 e. The lowest BCUT2D eigenvalue weighted by molar-refractivity contribution is 0.201. The molecule has 0 aliphatic heterocycles. The van der Waals surface area contributed by atoms with E-state index in [0.29, 0.717) is 12.5 Å². The second kappa shape index (κ2) is 6.24. The van der Waals surface area contributed by atoms with Gasteiger partial charge >= 0.3 is 0 Å². The first-order valence-corrected chi connectivity index (χ1v) is 7.04. The Balaban J connectivity index is 1.93. The molecule has 0 saturated heterocycles. The quantitative estimate of drug-likeness (QED) is 0.799. The van der Waals surface area contributed by atoms with Gasteiger partial charge in [0.1, 0.15) is 12.4 Å². The van der Waals surface area contributed by atoms with Gasteiger partial charge < -0.3 is 9.84 Å². The fourth-order valence-electron chi connectivity index (χ4n) is 2.63. The van der Waals surface area contributed by atoms with Gasteiger partial charge in [-0.2, -0.15) is 0 Å². The molecule has 100 valence electrons. The lowest BCUT2D eigenvalue weighted by atomic mass is 9.89. The summed E-state index contributed by atoms with van der Waals surface area (Å²) in [4.78, 5) is 0. The van der Waals surface area contributed by atoms with Gasteiger partial charge in [-0.15, -0.1) is 0 Å². The van der Waals surface area contributed by atoms with Crippen LogP contribution in [0.1, 0.15) is 44.6 Å². The Labute approximate surface area is 110 Å². The van der Waals surface area contributed by atoms with Crippen LogP contribution in [0.5, 0.6) is 5.75 Å². The summed E-state index contributed by atoms with van der Waals surface area (Å²) < 4.78 is 5.46. The molecule has 2 nitrogen and oxygen atoms in total. The predicted molar refractivity (Wildman–Crippen MR) is 73.9 cm³/mol. The average molecular weight is 248 g/mol. The zero-order valence-corrected chi connectivity index (χ0v) is 11.4. The number of benzene rings is 1. The van der Waals surface area contributed by atoms with Crippen molar-refractivity contribution in [1.82, 2.24) is 0 Å². The molecule has 1 aliphatic carbocycles. The summed E-state index contributed by atoms with van der Waals surface area (Å²) in [6.07, 6.45) is 4.11. The lowest BCUT2D eigenvalue weighted by Gasteiger charge is -2.18. The molecule has 1 fully saturated rings. The number of hydrogen-bond donors (Lipinski definition) is 1. The van der Waals surface area contributed by atoms with E-state index < -0.39 is 0 Å². The minimum atomic E-state index is 0.0680. The molecule has 0 radical (unpaired) electrons. The van der Waals surface area contributed by atoms with Gasteiger partial charge in [0.25, 0.3) is 0 Å². The second-order valence-corrected chi connectivity index (χ2v) is 5.60. The molecule has 2 unspecified atom stereocenters. The Bertz CT molecular complexity index is 371. The van der Waals surface area contributed by atoms with E-state index in [2.05, 4.69) is 26.0 Å². The van der Waals surface area contributed by atoms with Crippen molar-refractivity contribution in [2.75, 3.05) is 13.2 Å². The van der Waals surface area contributed by atoms with Crippen LogP contribution in [0.4, 0.5) is 0 Å². The number of rotatable bonds is 7. The van der Waals surface area contributed by atoms with Crippen molar-refractivity contribution >= 4 is 0 Å². The van der Waals surface area contributed by atoms with Crippen LogP contribution in [0.15, 0.2) is 24.3 Å². The summed E-state index contributed by atoms with van der Waals surface area (Å²) in [5.74, 6) is 3.26. The molecule has 2 atom stereocenters. The van der Waals surface area contributed by atoms with Gasteiger partial charge in [0.15, 0.2) is 0 Å². The van der Waals surface area contributed by atoms with Crippen LogP contribution in [-0.4, -0.2) is 18.3 Å². The summed E-state index contributed by atoms with van der Waals surface area (Å²) >= 11 is 0. The topological polar surface area (TPSA) is 29.5 Å². The largest absolute Gasteiger partial charge is 0.491 e. The van der Waals surface area contributed by atoms with Gasteiger partial charge in [-0.05, 0) is 54.7 Å². The molecule has 1 aliphatic rings. The van der Waals surface area contributed by atoms with Crippen molar-refractivity contribution in [3.05, 3.63) is 29.8 Å². The number of ether oxygens (including phenoxy) is 1. The zero-order valence-electron chi connectivity index (χ0n) is 11.4. The Morgan fingerprint density at radius 3 is 2.78 bits per heavy atom. The van der Waals surface area contributed by atoms with E-state index in [1.807, 2.05) is 12.1 Å². The van der Waals surface area contributed by atoms with Gasteiger partial charge in [-0.25, -0.2) is 0 Å². The van der Waals surface area contributed by atoms with Crippen molar-refractivity contribution in [3.8, 4) is 5.75 Å². The monoisotopic (exact) mass is 248 g/mol. The first-order valence-electron chi connectivity index (χ1n) is 7.04. The second-order valence-electron chi connectivity index (χ2n) is 5.60. The van der Waals surface area contributed by atoms with Crippen LogP contribution >= 0.6 is 0 Å². The molecule has 0 aromatic heterocycles. The highest BCUT2D eigenvalue weighted by atomic mass is 16.5. The number of hydrogen-bond acceptors (Lipinski definition) is 2. The van der Waals surface area contributed by atoms with Crippen molar-refractivity contribution in [3.63, 3.8) is 0 Å². The van der Waals surface area contributed by atoms with Gasteiger partial charge in [-0.1, -0.05) is 26.0 Å². The predicted octanol–water partition coefficient (Wildman–Crippen LogP) is 3.60. The van der Waals surface area contributed by atoms with Crippen LogP contribution in [0.3, 0.4) is 0 Å². The van der Waals surface area contributed by atoms with E-state index in [9.17, 15) is 0 Å². The summed E-state index contributed by atoms with van der Waals surface area (Å²) in [6.45, 7) is 5.11. The lowest BCUT2D eigenvalue weighted by Crippen LogP contribution is -2.05. The fourth-order valence-corrected chi connectivity index (χ4v) is 2.63. The van der Waals surface area contributed by atoms with Crippen molar-refractivity contribution in [2.24, 2.45) is 11.8 Å². The van der Waals surface area contributed by atoms with E-state index in [0.717, 1.165) is 17.6 Å². The fraction of sp³-hybridized carbons (Fsp3) is 0.625. The van der Waals surface area contributed by atoms with E-state index in [4.69, 9.17) is 9.84 Å². The van der Waals surface area contributed by atoms with Crippen LogP contribution in [0.25, 0.3) is 0 Å². The molecule has 0 spiro atoms. The first-order chi connectivity index (χ1) is 8.70. The Morgan fingerprint density at radius 1 is 1.33 bits per heavy atom. The molecule has 1 saturated carbocycles. The van der Waals surface area contributed by atoms with E-state index in [-0.39, 0.29) is 6.61 Å². The Hall–Kier alpha value is -1.02. The van der Waals surface area contributed by atoms with E-state index in [1.54, 1.807) is 0 Å². The molecule has 1 N–H and O–H groups in total. The molecule has 0 bridgehead atoms. The third-order valence-electron chi connectivity index (χ3n) is 3.94. The molecule has 1 aromatic rings. The van der Waals surface area contributed by atoms with Crippen LogP contribution in [0, 0.1) is 11.8 Å². The SMILES string of the molecule is CC(CC(C)C1CC1)c1cccc(OCCO)c1. The minimum absolute atomic E-state index is 0.0680. The first kappa shape index (κ1) is 13.4. The zero-order chi connectivity index (χ0) is 13.0. The van der Waals surface area contributed by atoms with Crippen LogP contribution in [-0.2, 0) is 0 Å². The third kappa shape index (κ3) is 3.74. The standard InChI is InChI=1S/C16H24O2/c1-12(14-6-7-14)10-13(2)15-4-3-5-16(11-15)18-9-8-17/h3-5,11-14,17H,6-10H2,1-2H3. The molecular formula is C16H24O2. The van der Waals surface area contributed by atoms with Crippen molar-refractivity contribution < 1.29 is 9.84 Å². The molecule has 0 heterocycles.